The van der Waals surface area contributed by atoms with E-state index in [1.807, 2.05) is 48.7 Å². The molecule has 0 radical (unpaired) electrons. The van der Waals surface area contributed by atoms with Gasteiger partial charge in [0.05, 0.1) is 71.9 Å². The Hall–Kier alpha value is -16.2. The van der Waals surface area contributed by atoms with Crippen molar-refractivity contribution in [1.82, 2.24) is 42.6 Å². The zero-order chi connectivity index (χ0) is 78.2. The Morgan fingerprint density at radius 2 is 0.504 bits per heavy atom. The fraction of sp³-hybridized carbons (Fsp3) is 0. The summed E-state index contributed by atoms with van der Waals surface area (Å²) in [5, 5.41) is 23.6. The minimum Gasteiger partial charge on any atom is -0.403 e. The van der Waals surface area contributed by atoms with Crippen LogP contribution in [0.15, 0.2) is 423 Å². The van der Waals surface area contributed by atoms with Gasteiger partial charge < -0.3 is 27.3 Å². The van der Waals surface area contributed by atoms with Crippen molar-refractivity contribution in [2.45, 2.75) is 0 Å². The van der Waals surface area contributed by atoms with E-state index in [-0.39, 0.29) is 0 Å². The molecule has 0 aliphatic carbocycles. The molecule has 0 bridgehead atoms. The molecule has 0 atom stereocenters. The van der Waals surface area contributed by atoms with Crippen LogP contribution in [0, 0.1) is 0 Å². The molecular formula is C109H69N9O. The molecule has 0 unspecified atom stereocenters. The number of nitrogens with zero attached hydrogens (tertiary/aromatic N) is 9. The molecule has 119 heavy (non-hydrogen) atoms. The normalized spacial score (nSPS) is 11.9. The standard InChI is InChI=1S/C59H38N4.C50H31N5O/c1-3-15-39(16-4-1)41-30-34-54-49(37-41)50-38-44(33-35-55(50)61(54)42-17-5-2-6-18-42)63-53-25-10-8-20-48(53)59-46(22-14-27-57(59)63)45-21-13-26-56-58(45)47-19-7-9-24-52(47)62(56)43-31-28-40(29-32-43)51-23-11-12-36-60-51;1-3-15-32(16-4-1)49-51-52-50(56-49)55-43-26-12-9-21-39(43)48-37(23-14-28-46(48)55)36-22-13-27-45-47(36)38-20-8-11-25-42(38)54(45)34-29-30-44-40(31-34)35-19-7-10-24-41(35)53(44)33-17-5-2-6-18-33/h1-38H;1-31H. The molecule has 556 valence electrons. The van der Waals surface area contributed by atoms with E-state index in [2.05, 4.69) is 413 Å². The summed E-state index contributed by atoms with van der Waals surface area (Å²) in [4.78, 5) is 4.60. The molecule has 25 rings (SSSR count). The molecule has 0 aliphatic rings. The van der Waals surface area contributed by atoms with E-state index in [4.69, 9.17) is 4.42 Å². The average molecular weight is 1520 g/mol. The molecule has 0 amide bonds. The third-order valence-corrected chi connectivity index (χ3v) is 24.1. The second kappa shape index (κ2) is 27.3. The molecule has 10 heteroatoms. The lowest BCUT2D eigenvalue weighted by Gasteiger charge is -2.12. The van der Waals surface area contributed by atoms with Gasteiger partial charge in [-0.15, -0.1) is 5.10 Å². The number of para-hydroxylation sites is 7. The van der Waals surface area contributed by atoms with Gasteiger partial charge in [-0.2, -0.15) is 0 Å². The SMILES string of the molecule is c1ccc(-c2ccc3c(c2)c2cc(-n4c5ccccc5c5c(-c6cccc7c6c6ccccc6n7-c6ccc(-c7ccccn7)cc6)cccc54)ccc2n3-c2ccccc2)cc1.c1ccc(-c2nnc(-n3c4ccccc4c4c(-c5cccc6c5c5ccccc5n6-c5ccc6c(c5)c5ccccc5n6-c5ccccc5)cccc43)o2)cc1. The summed E-state index contributed by atoms with van der Waals surface area (Å²) in [5.74, 6) is 0.489. The first kappa shape index (κ1) is 67.3. The summed E-state index contributed by atoms with van der Waals surface area (Å²) in [5.41, 5.74) is 29.6. The van der Waals surface area contributed by atoms with Crippen molar-refractivity contribution >= 4 is 131 Å². The van der Waals surface area contributed by atoms with Crippen molar-refractivity contribution in [3.05, 3.63) is 419 Å². The number of pyridine rings is 1. The summed E-state index contributed by atoms with van der Waals surface area (Å²) in [6.07, 6.45) is 1.85. The highest BCUT2D eigenvalue weighted by molar-refractivity contribution is 6.25. The molecular weight excluding hydrogens is 1450 g/mol. The van der Waals surface area contributed by atoms with Crippen molar-refractivity contribution in [2.75, 3.05) is 0 Å². The monoisotopic (exact) mass is 1520 g/mol. The van der Waals surface area contributed by atoms with Gasteiger partial charge in [0.15, 0.2) is 0 Å². The fourth-order valence-corrected chi connectivity index (χ4v) is 19.1. The fourth-order valence-electron chi connectivity index (χ4n) is 19.1. The lowest BCUT2D eigenvalue weighted by Crippen LogP contribution is -1.95. The number of rotatable bonds is 11. The first-order valence-electron chi connectivity index (χ1n) is 40.4. The smallest absolute Gasteiger partial charge is 0.327 e. The summed E-state index contributed by atoms with van der Waals surface area (Å²) >= 11 is 0. The van der Waals surface area contributed by atoms with E-state index in [1.165, 1.54) is 126 Å². The predicted molar refractivity (Wildman–Crippen MR) is 492 cm³/mol. The lowest BCUT2D eigenvalue weighted by atomic mass is 9.95. The maximum Gasteiger partial charge on any atom is 0.327 e. The molecule has 8 aromatic heterocycles. The van der Waals surface area contributed by atoms with Gasteiger partial charge >= 0.3 is 6.01 Å². The summed E-state index contributed by atoms with van der Waals surface area (Å²) in [6, 6.07) is 149. The molecule has 0 aliphatic heterocycles. The third-order valence-electron chi connectivity index (χ3n) is 24.1. The largest absolute Gasteiger partial charge is 0.403 e. The first-order valence-corrected chi connectivity index (χ1v) is 40.4. The predicted octanol–water partition coefficient (Wildman–Crippen LogP) is 28.1. The van der Waals surface area contributed by atoms with Gasteiger partial charge in [-0.25, -0.2) is 0 Å². The third kappa shape index (κ3) is 10.6. The van der Waals surface area contributed by atoms with Crippen LogP contribution in [-0.2, 0) is 0 Å². The first-order chi connectivity index (χ1) is 59.1. The highest BCUT2D eigenvalue weighted by atomic mass is 16.4. The molecule has 25 aromatic rings. The Balaban J connectivity index is 0.000000136. The highest BCUT2D eigenvalue weighted by Gasteiger charge is 2.27. The lowest BCUT2D eigenvalue weighted by molar-refractivity contribution is 0.546. The van der Waals surface area contributed by atoms with Crippen molar-refractivity contribution in [1.29, 1.82) is 0 Å². The van der Waals surface area contributed by atoms with Crippen molar-refractivity contribution in [3.8, 4) is 90.5 Å². The van der Waals surface area contributed by atoms with Crippen molar-refractivity contribution < 1.29 is 4.42 Å². The number of hydrogen-bond acceptors (Lipinski definition) is 4. The maximum absolute atomic E-state index is 6.38. The van der Waals surface area contributed by atoms with Gasteiger partial charge in [-0.05, 0) is 197 Å². The Kier molecular flexibility index (Phi) is 15.4. The van der Waals surface area contributed by atoms with E-state index >= 15 is 0 Å². The summed E-state index contributed by atoms with van der Waals surface area (Å²) in [7, 11) is 0. The van der Waals surface area contributed by atoms with Gasteiger partial charge in [-0.3, -0.25) is 9.55 Å². The van der Waals surface area contributed by atoms with Crippen LogP contribution in [0.4, 0.5) is 0 Å². The maximum atomic E-state index is 6.38. The van der Waals surface area contributed by atoms with Gasteiger partial charge in [-0.1, -0.05) is 254 Å². The molecule has 0 saturated heterocycles. The Bertz CT molecular complexity index is 8330. The zero-order valence-electron chi connectivity index (χ0n) is 64.3. The van der Waals surface area contributed by atoms with Crippen LogP contribution in [0.5, 0.6) is 0 Å². The Morgan fingerprint density at radius 3 is 0.966 bits per heavy atom. The minimum atomic E-state index is 0.436. The van der Waals surface area contributed by atoms with Gasteiger partial charge in [0.25, 0.3) is 0 Å². The Labute approximate surface area is 682 Å². The van der Waals surface area contributed by atoms with Crippen LogP contribution < -0.4 is 0 Å². The van der Waals surface area contributed by atoms with E-state index in [1.54, 1.807) is 0 Å². The van der Waals surface area contributed by atoms with E-state index in [9.17, 15) is 0 Å². The number of hydrogen-bond donors (Lipinski definition) is 0. The average Bonchev–Trinajstić information content (AvgIpc) is 1.59. The van der Waals surface area contributed by atoms with Gasteiger partial charge in [0.2, 0.25) is 5.89 Å². The van der Waals surface area contributed by atoms with Crippen molar-refractivity contribution in [3.63, 3.8) is 0 Å². The molecule has 0 N–H and O–H groups in total. The molecule has 0 spiro atoms. The molecule has 0 saturated carbocycles. The molecule has 10 nitrogen and oxygen atoms in total. The van der Waals surface area contributed by atoms with Gasteiger partial charge in [0, 0.05) is 110 Å². The van der Waals surface area contributed by atoms with Gasteiger partial charge in [0.1, 0.15) is 0 Å². The van der Waals surface area contributed by atoms with Crippen LogP contribution in [0.25, 0.3) is 221 Å². The van der Waals surface area contributed by atoms with E-state index in [0.29, 0.717) is 11.9 Å². The van der Waals surface area contributed by atoms with E-state index in [0.717, 1.165) is 83.7 Å². The van der Waals surface area contributed by atoms with Crippen molar-refractivity contribution in [2.24, 2.45) is 0 Å². The second-order valence-electron chi connectivity index (χ2n) is 30.6. The summed E-state index contributed by atoms with van der Waals surface area (Å²) in [6.45, 7) is 0. The highest BCUT2D eigenvalue weighted by Crippen LogP contribution is 2.49. The Morgan fingerprint density at radius 1 is 0.185 bits per heavy atom. The van der Waals surface area contributed by atoms with Crippen LogP contribution in [0.3, 0.4) is 0 Å². The molecule has 17 aromatic carbocycles. The van der Waals surface area contributed by atoms with Crippen LogP contribution >= 0.6 is 0 Å². The second-order valence-corrected chi connectivity index (χ2v) is 30.6. The molecule has 8 heterocycles. The topological polar surface area (TPSA) is 81.4 Å². The minimum absolute atomic E-state index is 0.436. The number of aromatic nitrogens is 9. The quantitative estimate of drug-likeness (QED) is 0.129. The number of fused-ring (bicyclic) bond motifs is 18. The molecule has 0 fully saturated rings. The van der Waals surface area contributed by atoms with Crippen LogP contribution in [0.2, 0.25) is 0 Å². The number of benzene rings is 17. The van der Waals surface area contributed by atoms with Crippen LogP contribution in [-0.4, -0.2) is 42.6 Å². The van der Waals surface area contributed by atoms with Crippen LogP contribution in [0.1, 0.15) is 0 Å². The van der Waals surface area contributed by atoms with E-state index < -0.39 is 0 Å². The summed E-state index contributed by atoms with van der Waals surface area (Å²) < 4.78 is 20.5. The zero-order valence-corrected chi connectivity index (χ0v) is 64.3.